The first-order valence-electron chi connectivity index (χ1n) is 11.5. The van der Waals surface area contributed by atoms with Crippen molar-refractivity contribution >= 4 is 47.3 Å². The van der Waals surface area contributed by atoms with E-state index in [0.29, 0.717) is 17.3 Å². The van der Waals surface area contributed by atoms with Crippen LogP contribution in [0.25, 0.3) is 0 Å². The van der Waals surface area contributed by atoms with Gasteiger partial charge < -0.3 is 19.8 Å². The lowest BCUT2D eigenvalue weighted by atomic mass is 10.0. The molecule has 0 bridgehead atoms. The van der Waals surface area contributed by atoms with Gasteiger partial charge in [-0.05, 0) is 39.4 Å². The van der Waals surface area contributed by atoms with Gasteiger partial charge in [0.05, 0.1) is 11.9 Å². The van der Waals surface area contributed by atoms with Crippen LogP contribution in [0.3, 0.4) is 0 Å². The maximum absolute atomic E-state index is 13.1. The van der Waals surface area contributed by atoms with Gasteiger partial charge in [0.15, 0.2) is 0 Å². The lowest BCUT2D eigenvalue weighted by Crippen LogP contribution is -2.68. The Labute approximate surface area is 216 Å². The highest BCUT2D eigenvalue weighted by molar-refractivity contribution is 8.00. The Bertz CT molecular complexity index is 1140. The lowest BCUT2D eigenvalue weighted by Gasteiger charge is -2.49. The molecule has 2 aromatic rings. The van der Waals surface area contributed by atoms with E-state index in [1.807, 2.05) is 6.20 Å². The van der Waals surface area contributed by atoms with Crippen LogP contribution in [0.1, 0.15) is 39.8 Å². The van der Waals surface area contributed by atoms with Gasteiger partial charge in [-0.3, -0.25) is 19.6 Å². The van der Waals surface area contributed by atoms with Crippen LogP contribution >= 0.6 is 23.5 Å². The number of ether oxygens (including phenoxy) is 2. The van der Waals surface area contributed by atoms with Crippen LogP contribution in [0.15, 0.2) is 28.7 Å². The molecule has 0 spiro atoms. The Balaban J connectivity index is 1.38. The van der Waals surface area contributed by atoms with E-state index in [4.69, 9.17) is 9.47 Å². The number of β-lactam (4-membered cyclic amide) rings is 1. The van der Waals surface area contributed by atoms with Crippen LogP contribution in [0.5, 0.6) is 0 Å². The van der Waals surface area contributed by atoms with E-state index < -0.39 is 23.6 Å². The summed E-state index contributed by atoms with van der Waals surface area (Å²) in [5.41, 5.74) is 0.860. The number of rotatable bonds is 10. The second-order valence-electron chi connectivity index (χ2n) is 9.28. The monoisotopic (exact) mass is 535 g/mol. The van der Waals surface area contributed by atoms with Gasteiger partial charge in [0.1, 0.15) is 34.3 Å². The number of esters is 2. The maximum Gasteiger partial charge on any atom is 0.355 e. The third-order valence-corrected chi connectivity index (χ3v) is 7.58. The topological polar surface area (TPSA) is 155 Å². The van der Waals surface area contributed by atoms with Crippen LogP contribution in [-0.4, -0.2) is 83.3 Å². The van der Waals surface area contributed by atoms with Crippen LogP contribution in [0.4, 0.5) is 5.95 Å². The molecular weight excluding hydrogens is 506 g/mol. The summed E-state index contributed by atoms with van der Waals surface area (Å²) in [5.74, 6) is 0.493. The van der Waals surface area contributed by atoms with E-state index in [0.717, 1.165) is 29.3 Å². The Morgan fingerprint density at radius 1 is 1.36 bits per heavy atom. The van der Waals surface area contributed by atoms with Crippen molar-refractivity contribution in [2.45, 2.75) is 62.6 Å². The molecule has 0 aromatic carbocycles. The van der Waals surface area contributed by atoms with E-state index in [2.05, 4.69) is 30.7 Å². The van der Waals surface area contributed by atoms with Gasteiger partial charge in [-0.2, -0.15) is 0 Å². The van der Waals surface area contributed by atoms with E-state index >= 15 is 0 Å². The minimum absolute atomic E-state index is 0.0672. The number of aromatic nitrogens is 5. The minimum Gasteiger partial charge on any atom is -0.461 e. The number of aryl methyl sites for hydroxylation is 1. The van der Waals surface area contributed by atoms with Crippen LogP contribution < -0.4 is 5.32 Å². The minimum atomic E-state index is -0.736. The number of amides is 1. The summed E-state index contributed by atoms with van der Waals surface area (Å²) in [6.07, 6.45) is 5.20. The fraction of sp³-hybridized carbons (Fsp3) is 0.545. The molecule has 1 amide bonds. The van der Waals surface area contributed by atoms with Gasteiger partial charge in [-0.1, -0.05) is 5.21 Å². The summed E-state index contributed by atoms with van der Waals surface area (Å²) in [7, 11) is 0. The molecule has 0 radical (unpaired) electrons. The van der Waals surface area contributed by atoms with Gasteiger partial charge in [-0.15, -0.1) is 28.6 Å². The Morgan fingerprint density at radius 2 is 2.17 bits per heavy atom. The van der Waals surface area contributed by atoms with Crippen LogP contribution in [-0.2, 0) is 30.3 Å². The summed E-state index contributed by atoms with van der Waals surface area (Å²) in [6.45, 7) is 6.51. The Hall–Kier alpha value is -3.00. The summed E-state index contributed by atoms with van der Waals surface area (Å²) in [5, 5.41) is 14.0. The van der Waals surface area contributed by atoms with Crippen molar-refractivity contribution < 1.29 is 23.9 Å². The normalized spacial score (nSPS) is 19.6. The molecule has 0 saturated carbocycles. The molecule has 1 saturated heterocycles. The fourth-order valence-corrected chi connectivity index (χ4v) is 5.76. The molecule has 2 atom stereocenters. The summed E-state index contributed by atoms with van der Waals surface area (Å²) >= 11 is 3.14. The molecule has 12 nitrogen and oxygen atoms in total. The fourth-order valence-electron chi connectivity index (χ4n) is 3.70. The molecule has 4 heterocycles. The number of nitrogens with one attached hydrogen (secondary N) is 3. The molecule has 1 fully saturated rings. The third kappa shape index (κ3) is 6.22. The molecule has 4 rings (SSSR count). The average Bonchev–Trinajstić information content (AvgIpc) is 3.49. The predicted molar refractivity (Wildman–Crippen MR) is 134 cm³/mol. The van der Waals surface area contributed by atoms with E-state index in [9.17, 15) is 14.4 Å². The predicted octanol–water partition coefficient (Wildman–Crippen LogP) is 2.11. The lowest BCUT2D eigenvalue weighted by molar-refractivity contribution is -0.157. The Morgan fingerprint density at radius 3 is 2.86 bits per heavy atom. The highest BCUT2D eigenvalue weighted by Crippen LogP contribution is 2.42. The molecule has 2 aromatic heterocycles. The quantitative estimate of drug-likeness (QED) is 0.177. The van der Waals surface area contributed by atoms with Gasteiger partial charge in [0.25, 0.3) is 5.91 Å². The number of hydrogen-bond donors (Lipinski definition) is 3. The number of thioether (sulfide) groups is 2. The highest BCUT2D eigenvalue weighted by Gasteiger charge is 2.54. The van der Waals surface area contributed by atoms with Crippen molar-refractivity contribution in [2.24, 2.45) is 0 Å². The van der Waals surface area contributed by atoms with Crippen molar-refractivity contribution in [1.29, 1.82) is 0 Å². The smallest absolute Gasteiger partial charge is 0.355 e. The van der Waals surface area contributed by atoms with E-state index in [-0.39, 0.29) is 23.6 Å². The average molecular weight is 536 g/mol. The zero-order chi connectivity index (χ0) is 25.9. The summed E-state index contributed by atoms with van der Waals surface area (Å²) in [6, 6.07) is -0.551. The third-order valence-electron chi connectivity index (χ3n) is 5.24. The SMILES string of the molecule is CC(=O)OCC1=C(C(=O)OC(C)(C)C)N2C(=O)C(Nc3nc(CCCSc4cnn[nH]4)c[nH]3)[C@H]2SC1. The van der Waals surface area contributed by atoms with Crippen molar-refractivity contribution in [2.75, 3.05) is 23.4 Å². The van der Waals surface area contributed by atoms with Gasteiger partial charge >= 0.3 is 11.9 Å². The molecule has 194 valence electrons. The highest BCUT2D eigenvalue weighted by atomic mass is 32.2. The molecule has 36 heavy (non-hydrogen) atoms. The van der Waals surface area contributed by atoms with Gasteiger partial charge in [-0.25, -0.2) is 9.78 Å². The molecule has 1 unspecified atom stereocenters. The number of carbonyl (C=O) groups excluding carboxylic acids is 3. The molecule has 2 aliphatic rings. The number of anilines is 1. The van der Waals surface area contributed by atoms with Gasteiger partial charge in [0.2, 0.25) is 5.95 Å². The number of imidazole rings is 1. The Kier molecular flexibility index (Phi) is 7.93. The number of aromatic amines is 2. The standard InChI is InChI=1S/C22H29N7O5S2/c1-12(30)33-10-13-11-36-19-16(18(31)29(19)17(13)20(32)34-22(2,3)4)26-21-23-8-14(25-21)6-5-7-35-15-9-24-28-27-15/h8-9,16,19H,5-7,10-11H2,1-4H3,(H2,23,25,26)(H,24,27,28)/t16?,19-/m1/s1. The second kappa shape index (κ2) is 10.9. The number of hydrogen-bond acceptors (Lipinski definition) is 11. The second-order valence-corrected chi connectivity index (χ2v) is 11.5. The number of nitrogens with zero attached hydrogens (tertiary/aromatic N) is 4. The first kappa shape index (κ1) is 26.1. The zero-order valence-corrected chi connectivity index (χ0v) is 22.1. The van der Waals surface area contributed by atoms with Crippen LogP contribution in [0, 0.1) is 0 Å². The maximum atomic E-state index is 13.1. The van der Waals surface area contributed by atoms with Crippen LogP contribution in [0.2, 0.25) is 0 Å². The number of fused-ring (bicyclic) bond motifs is 1. The van der Waals surface area contributed by atoms with E-state index in [1.165, 1.54) is 23.6 Å². The zero-order valence-electron chi connectivity index (χ0n) is 20.5. The number of H-pyrrole nitrogens is 2. The molecule has 2 aliphatic heterocycles. The van der Waals surface area contributed by atoms with E-state index in [1.54, 1.807) is 38.7 Å². The largest absolute Gasteiger partial charge is 0.461 e. The molecule has 0 aliphatic carbocycles. The first-order valence-corrected chi connectivity index (χ1v) is 13.5. The first-order chi connectivity index (χ1) is 17.1. The molecule has 14 heteroatoms. The van der Waals surface area contributed by atoms with Crippen molar-refractivity contribution in [1.82, 2.24) is 30.3 Å². The molecular formula is C22H29N7O5S2. The van der Waals surface area contributed by atoms with Crippen molar-refractivity contribution in [3.8, 4) is 0 Å². The number of carbonyl (C=O) groups is 3. The van der Waals surface area contributed by atoms with Crippen molar-refractivity contribution in [3.05, 3.63) is 29.4 Å². The molecule has 3 N–H and O–H groups in total. The summed E-state index contributed by atoms with van der Waals surface area (Å²) in [4.78, 5) is 46.5. The van der Waals surface area contributed by atoms with Gasteiger partial charge in [0, 0.05) is 24.4 Å². The summed E-state index contributed by atoms with van der Waals surface area (Å²) < 4.78 is 10.7. The van der Waals surface area contributed by atoms with Crippen molar-refractivity contribution in [3.63, 3.8) is 0 Å².